The highest BCUT2D eigenvalue weighted by Gasteiger charge is 2.31. The van der Waals surface area contributed by atoms with Crippen molar-refractivity contribution in [1.29, 1.82) is 0 Å². The molecule has 3 heteroatoms. The monoisotopic (exact) mass is 274 g/mol. The third-order valence-electron chi connectivity index (χ3n) is 4.18. The van der Waals surface area contributed by atoms with Crippen molar-refractivity contribution in [3.63, 3.8) is 0 Å². The van der Waals surface area contributed by atoms with Gasteiger partial charge >= 0.3 is 5.97 Å². The van der Waals surface area contributed by atoms with Crippen LogP contribution in [-0.4, -0.2) is 19.8 Å². The van der Waals surface area contributed by atoms with Crippen LogP contribution in [0.5, 0.6) is 0 Å². The molecule has 0 rings (SSSR count). The first kappa shape index (κ1) is 18.4. The van der Waals surface area contributed by atoms with Crippen molar-refractivity contribution in [3.8, 4) is 0 Å². The first-order chi connectivity index (χ1) is 8.95. The number of esters is 1. The van der Waals surface area contributed by atoms with E-state index in [4.69, 9.17) is 4.74 Å². The average molecular weight is 274 g/mol. The molecule has 0 N–H and O–H groups in total. The summed E-state index contributed by atoms with van der Waals surface area (Å²) in [6, 6.07) is 0. The number of hydrogen-bond donors (Lipinski definition) is 0. The van der Waals surface area contributed by atoms with Gasteiger partial charge < -0.3 is 4.74 Å². The Bertz CT molecular complexity index is 239. The van der Waals surface area contributed by atoms with Crippen LogP contribution in [0.2, 0.25) is 0 Å². The van der Waals surface area contributed by atoms with E-state index in [1.54, 1.807) is 0 Å². The zero-order chi connectivity index (χ0) is 14.7. The first-order valence-electron chi connectivity index (χ1n) is 7.59. The van der Waals surface area contributed by atoms with Crippen LogP contribution >= 0.6 is 0 Å². The highest BCUT2D eigenvalue weighted by Crippen LogP contribution is 2.33. The number of unbranched alkanes of at least 4 members (excludes halogenated alkanes) is 6. The molecular formula is C16H31FO2. The van der Waals surface area contributed by atoms with E-state index < -0.39 is 0 Å². The maximum atomic E-state index is 11.9. The summed E-state index contributed by atoms with van der Waals surface area (Å²) in [5, 5.41) is 0. The molecule has 0 saturated carbocycles. The van der Waals surface area contributed by atoms with Crippen LogP contribution in [0.1, 0.15) is 72.1 Å². The summed E-state index contributed by atoms with van der Waals surface area (Å²) in [6.07, 6.45) is 8.69. The Kier molecular flexibility index (Phi) is 9.90. The molecule has 0 aromatic heterocycles. The lowest BCUT2D eigenvalue weighted by atomic mass is 9.76. The second kappa shape index (κ2) is 10.2. The molecule has 0 spiro atoms. The van der Waals surface area contributed by atoms with Gasteiger partial charge in [-0.2, -0.15) is 0 Å². The lowest BCUT2D eigenvalue weighted by Gasteiger charge is -2.29. The molecule has 0 heterocycles. The Labute approximate surface area is 118 Å². The number of carbonyl (C=O) groups is 1. The summed E-state index contributed by atoms with van der Waals surface area (Å²) in [5.74, 6) is -0.168. The molecule has 0 aliphatic rings. The minimum Gasteiger partial charge on any atom is -0.469 e. The summed E-state index contributed by atoms with van der Waals surface area (Å²) in [5.41, 5.74) is 0.00131. The van der Waals surface area contributed by atoms with Gasteiger partial charge in [0.05, 0.1) is 19.7 Å². The predicted octanol–water partition coefficient (Wildman–Crippen LogP) is 4.91. The summed E-state index contributed by atoms with van der Waals surface area (Å²) in [7, 11) is 1.45. The van der Waals surface area contributed by atoms with Crippen molar-refractivity contribution in [2.75, 3.05) is 13.8 Å². The topological polar surface area (TPSA) is 26.3 Å². The molecule has 0 bridgehead atoms. The van der Waals surface area contributed by atoms with Gasteiger partial charge in [0.15, 0.2) is 0 Å². The van der Waals surface area contributed by atoms with Crippen molar-refractivity contribution in [1.82, 2.24) is 0 Å². The van der Waals surface area contributed by atoms with Crippen LogP contribution in [0.15, 0.2) is 0 Å². The minimum atomic E-state index is -0.181. The van der Waals surface area contributed by atoms with E-state index in [1.165, 1.54) is 26.4 Å². The van der Waals surface area contributed by atoms with E-state index in [2.05, 4.69) is 13.8 Å². The van der Waals surface area contributed by atoms with E-state index in [1.807, 2.05) is 6.92 Å². The predicted molar refractivity (Wildman–Crippen MR) is 77.9 cm³/mol. The smallest absolute Gasteiger partial charge is 0.308 e. The molecule has 2 nitrogen and oxygen atoms in total. The number of alkyl halides is 1. The molecule has 1 atom stereocenters. The number of methoxy groups -OCH3 is 1. The van der Waals surface area contributed by atoms with Crippen LogP contribution in [0, 0.1) is 11.3 Å². The summed E-state index contributed by atoms with van der Waals surface area (Å²) >= 11 is 0. The minimum absolute atomic E-state index is 0.00131. The van der Waals surface area contributed by atoms with E-state index in [9.17, 15) is 9.18 Å². The molecule has 0 aliphatic heterocycles. The Morgan fingerprint density at radius 3 is 2.00 bits per heavy atom. The van der Waals surface area contributed by atoms with Gasteiger partial charge in [0, 0.05) is 0 Å². The number of ether oxygens (including phenoxy) is 1. The van der Waals surface area contributed by atoms with E-state index in [0.29, 0.717) is 6.42 Å². The average Bonchev–Trinajstić information content (AvgIpc) is 2.39. The van der Waals surface area contributed by atoms with Gasteiger partial charge in [0.1, 0.15) is 0 Å². The van der Waals surface area contributed by atoms with Gasteiger partial charge in [-0.1, -0.05) is 59.3 Å². The third-order valence-corrected chi connectivity index (χ3v) is 4.18. The zero-order valence-electron chi connectivity index (χ0n) is 13.1. The van der Waals surface area contributed by atoms with E-state index in [0.717, 1.165) is 25.7 Å². The fraction of sp³-hybridized carbons (Fsp3) is 0.938. The number of rotatable bonds is 11. The van der Waals surface area contributed by atoms with Crippen LogP contribution in [0.3, 0.4) is 0 Å². The molecule has 0 aromatic carbocycles. The van der Waals surface area contributed by atoms with Gasteiger partial charge in [-0.15, -0.1) is 0 Å². The number of carbonyl (C=O) groups excluding carboxylic acids is 1. The molecule has 0 aliphatic carbocycles. The second-order valence-electron chi connectivity index (χ2n) is 6.15. The van der Waals surface area contributed by atoms with E-state index in [-0.39, 0.29) is 24.0 Å². The third kappa shape index (κ3) is 8.22. The molecule has 1 unspecified atom stereocenters. The highest BCUT2D eigenvalue weighted by molar-refractivity contribution is 5.72. The molecular weight excluding hydrogens is 243 g/mol. The Morgan fingerprint density at radius 2 is 1.53 bits per heavy atom. The molecule has 114 valence electrons. The standard InChI is InChI=1S/C16H31FO2/c1-14(15(18)19-4)16(2,3)12-10-8-6-5-7-9-11-13-17/h14H,5-13H2,1-4H3. The number of halogens is 1. The SMILES string of the molecule is COC(=O)C(C)C(C)(C)CCCCCCCCCF. The molecule has 0 fully saturated rings. The first-order valence-corrected chi connectivity index (χ1v) is 7.59. The molecule has 0 radical (unpaired) electrons. The van der Waals surface area contributed by atoms with Crippen LogP contribution in [0.4, 0.5) is 4.39 Å². The molecule has 0 amide bonds. The summed E-state index contributed by atoms with van der Waals surface area (Å²) in [6.45, 7) is 6.04. The van der Waals surface area contributed by atoms with Gasteiger partial charge in [0.2, 0.25) is 0 Å². The van der Waals surface area contributed by atoms with Crippen molar-refractivity contribution in [2.45, 2.75) is 72.1 Å². The Balaban J connectivity index is 3.66. The Morgan fingerprint density at radius 1 is 1.05 bits per heavy atom. The van der Waals surface area contributed by atoms with Crippen LogP contribution in [0.25, 0.3) is 0 Å². The quantitative estimate of drug-likeness (QED) is 0.395. The second-order valence-corrected chi connectivity index (χ2v) is 6.15. The zero-order valence-corrected chi connectivity index (χ0v) is 13.1. The maximum absolute atomic E-state index is 11.9. The van der Waals surface area contributed by atoms with Gasteiger partial charge in [-0.05, 0) is 18.3 Å². The highest BCUT2D eigenvalue weighted by atomic mass is 19.1. The van der Waals surface area contributed by atoms with Crippen molar-refractivity contribution < 1.29 is 13.9 Å². The van der Waals surface area contributed by atoms with Gasteiger partial charge in [0.25, 0.3) is 0 Å². The molecule has 19 heavy (non-hydrogen) atoms. The Hall–Kier alpha value is -0.600. The summed E-state index contributed by atoms with van der Waals surface area (Å²) in [4.78, 5) is 11.5. The van der Waals surface area contributed by atoms with Crippen LogP contribution < -0.4 is 0 Å². The normalized spacial score (nSPS) is 13.3. The van der Waals surface area contributed by atoms with Gasteiger partial charge in [-0.25, -0.2) is 0 Å². The lowest BCUT2D eigenvalue weighted by Crippen LogP contribution is -2.29. The van der Waals surface area contributed by atoms with Crippen molar-refractivity contribution in [2.24, 2.45) is 11.3 Å². The largest absolute Gasteiger partial charge is 0.469 e. The summed E-state index contributed by atoms with van der Waals surface area (Å²) < 4.78 is 16.7. The maximum Gasteiger partial charge on any atom is 0.308 e. The molecule has 0 aromatic rings. The van der Waals surface area contributed by atoms with Gasteiger partial charge in [-0.3, -0.25) is 9.18 Å². The fourth-order valence-corrected chi connectivity index (χ4v) is 2.27. The van der Waals surface area contributed by atoms with Crippen LogP contribution in [-0.2, 0) is 9.53 Å². The molecule has 0 saturated heterocycles. The lowest BCUT2D eigenvalue weighted by molar-refractivity contribution is -0.149. The van der Waals surface area contributed by atoms with Crippen molar-refractivity contribution in [3.05, 3.63) is 0 Å². The fourth-order valence-electron chi connectivity index (χ4n) is 2.27. The van der Waals surface area contributed by atoms with E-state index >= 15 is 0 Å². The number of hydrogen-bond acceptors (Lipinski definition) is 2. The van der Waals surface area contributed by atoms with Crippen molar-refractivity contribution >= 4 is 5.97 Å².